The highest BCUT2D eigenvalue weighted by atomic mass is 32.2. The van der Waals surface area contributed by atoms with Gasteiger partial charge in [0.05, 0.1) is 4.90 Å². The number of amides is 2. The normalized spacial score (nSPS) is 18.2. The molecular weight excluding hydrogens is 460 g/mol. The number of piperidine rings is 1. The number of hydrogen-bond acceptors (Lipinski definition) is 6. The first kappa shape index (κ1) is 23.9. The third-order valence-electron chi connectivity index (χ3n) is 6.21. The Morgan fingerprint density at radius 1 is 0.879 bits per heavy atom. The summed E-state index contributed by atoms with van der Waals surface area (Å²) in [4.78, 5) is 29.2. The molecule has 0 saturated carbocycles. The van der Waals surface area contributed by atoms with E-state index in [1.165, 1.54) is 15.6 Å². The van der Waals surface area contributed by atoms with E-state index >= 15 is 0 Å². The van der Waals surface area contributed by atoms with Crippen molar-refractivity contribution >= 4 is 33.2 Å². The number of sulfonamides is 1. The van der Waals surface area contributed by atoms with Gasteiger partial charge in [0.15, 0.2) is 0 Å². The molecule has 2 fully saturated rings. The molecule has 1 aromatic heterocycles. The monoisotopic (exact) mass is 490 g/mol. The lowest BCUT2D eigenvalue weighted by atomic mass is 10.2. The zero-order valence-corrected chi connectivity index (χ0v) is 20.2. The summed E-state index contributed by atoms with van der Waals surface area (Å²) in [5.41, 5.74) is 1.19. The van der Waals surface area contributed by atoms with Gasteiger partial charge in [0.1, 0.15) is 0 Å². The summed E-state index contributed by atoms with van der Waals surface area (Å²) in [6.45, 7) is 5.10. The van der Waals surface area contributed by atoms with E-state index in [1.807, 2.05) is 10.8 Å². The lowest BCUT2D eigenvalue weighted by molar-refractivity contribution is 0.0638. The van der Waals surface area contributed by atoms with Crippen molar-refractivity contribution in [3.63, 3.8) is 0 Å². The molecule has 2 aliphatic heterocycles. The maximum Gasteiger partial charge on any atom is 0.253 e. The molecule has 1 N–H and O–H groups in total. The minimum Gasteiger partial charge on any atom is -0.351 e. The van der Waals surface area contributed by atoms with Gasteiger partial charge in [0.25, 0.3) is 11.8 Å². The molecule has 1 aromatic carbocycles. The van der Waals surface area contributed by atoms with Gasteiger partial charge in [-0.1, -0.05) is 6.42 Å². The van der Waals surface area contributed by atoms with Crippen LogP contribution >= 0.6 is 11.3 Å². The number of thiophene rings is 1. The average molecular weight is 491 g/mol. The summed E-state index contributed by atoms with van der Waals surface area (Å²) in [6, 6.07) is 8.13. The van der Waals surface area contributed by atoms with Crippen LogP contribution in [0.4, 0.5) is 0 Å². The molecule has 0 aliphatic carbocycles. The molecule has 178 valence electrons. The fourth-order valence-electron chi connectivity index (χ4n) is 4.20. The maximum atomic E-state index is 12.9. The number of benzene rings is 1. The molecule has 0 spiro atoms. The predicted molar refractivity (Wildman–Crippen MR) is 128 cm³/mol. The summed E-state index contributed by atoms with van der Waals surface area (Å²) in [7, 11) is -3.49. The van der Waals surface area contributed by atoms with Crippen LogP contribution in [0.25, 0.3) is 0 Å². The Labute approximate surface area is 199 Å². The summed E-state index contributed by atoms with van der Waals surface area (Å²) >= 11 is 1.50. The van der Waals surface area contributed by atoms with Crippen molar-refractivity contribution in [2.45, 2.75) is 24.2 Å². The first-order valence-corrected chi connectivity index (χ1v) is 13.8. The van der Waals surface area contributed by atoms with Crippen LogP contribution in [-0.2, 0) is 10.0 Å². The fraction of sp³-hybridized carbons (Fsp3) is 0.478. The average Bonchev–Trinajstić information content (AvgIpc) is 3.40. The first-order chi connectivity index (χ1) is 15.9. The molecule has 0 unspecified atom stereocenters. The van der Waals surface area contributed by atoms with Gasteiger partial charge in [0.2, 0.25) is 10.0 Å². The number of hydrogen-bond donors (Lipinski definition) is 1. The fourth-order valence-corrected chi connectivity index (χ4v) is 6.36. The van der Waals surface area contributed by atoms with Crippen molar-refractivity contribution in [1.82, 2.24) is 19.4 Å². The van der Waals surface area contributed by atoms with Gasteiger partial charge in [-0.05, 0) is 48.6 Å². The lowest BCUT2D eigenvalue weighted by Crippen LogP contribution is -2.50. The number of carbonyl (C=O) groups is 2. The molecule has 10 heteroatoms. The van der Waals surface area contributed by atoms with E-state index < -0.39 is 10.0 Å². The van der Waals surface area contributed by atoms with Crippen LogP contribution in [0.3, 0.4) is 0 Å². The molecule has 4 rings (SSSR count). The second kappa shape index (κ2) is 10.8. The molecule has 0 bridgehead atoms. The van der Waals surface area contributed by atoms with E-state index in [4.69, 9.17) is 0 Å². The van der Waals surface area contributed by atoms with Gasteiger partial charge in [-0.25, -0.2) is 8.42 Å². The number of carbonyl (C=O) groups excluding carboxylic acids is 2. The molecule has 0 atom stereocenters. The molecule has 8 nitrogen and oxygen atoms in total. The van der Waals surface area contributed by atoms with Crippen LogP contribution in [0.5, 0.6) is 0 Å². The number of nitrogens with zero attached hydrogens (tertiary/aromatic N) is 3. The largest absolute Gasteiger partial charge is 0.351 e. The Morgan fingerprint density at radius 3 is 2.21 bits per heavy atom. The third-order valence-corrected chi connectivity index (χ3v) is 8.81. The summed E-state index contributed by atoms with van der Waals surface area (Å²) in [5.74, 6) is -0.141. The number of piperazine rings is 1. The Kier molecular flexibility index (Phi) is 7.79. The second-order valence-corrected chi connectivity index (χ2v) is 11.1. The molecule has 33 heavy (non-hydrogen) atoms. The van der Waals surface area contributed by atoms with Crippen LogP contribution in [0.2, 0.25) is 0 Å². The second-order valence-electron chi connectivity index (χ2n) is 8.39. The maximum absolute atomic E-state index is 12.9. The van der Waals surface area contributed by atoms with E-state index in [0.29, 0.717) is 43.9 Å². The molecule has 2 aliphatic rings. The van der Waals surface area contributed by atoms with Crippen LogP contribution in [0, 0.1) is 0 Å². The van der Waals surface area contributed by atoms with Crippen LogP contribution in [-0.4, -0.2) is 86.7 Å². The van der Waals surface area contributed by atoms with E-state index in [2.05, 4.69) is 10.2 Å². The quantitative estimate of drug-likeness (QED) is 0.642. The Hall–Kier alpha value is -2.27. The summed E-state index contributed by atoms with van der Waals surface area (Å²) in [6.07, 6.45) is 2.85. The van der Waals surface area contributed by atoms with Gasteiger partial charge in [-0.3, -0.25) is 14.5 Å². The number of nitrogens with one attached hydrogen (secondary N) is 1. The highest BCUT2D eigenvalue weighted by Crippen LogP contribution is 2.21. The van der Waals surface area contributed by atoms with Gasteiger partial charge in [-0.2, -0.15) is 15.6 Å². The third kappa shape index (κ3) is 5.81. The Morgan fingerprint density at radius 2 is 1.58 bits per heavy atom. The molecule has 0 radical (unpaired) electrons. The molecular formula is C23H30N4O4S2. The highest BCUT2D eigenvalue weighted by Gasteiger charge is 2.27. The minimum absolute atomic E-state index is 0.0594. The van der Waals surface area contributed by atoms with E-state index in [1.54, 1.807) is 35.2 Å². The van der Waals surface area contributed by atoms with Crippen molar-refractivity contribution in [3.8, 4) is 0 Å². The number of rotatable bonds is 7. The van der Waals surface area contributed by atoms with Crippen LogP contribution in [0.1, 0.15) is 40.0 Å². The van der Waals surface area contributed by atoms with Gasteiger partial charge in [0, 0.05) is 68.9 Å². The SMILES string of the molecule is O=C(NCCN1CCN(C(=O)c2ccc(S(=O)(=O)N3CCCCC3)cc2)CC1)c1ccsc1. The molecule has 2 amide bonds. The zero-order chi connectivity index (χ0) is 23.3. The highest BCUT2D eigenvalue weighted by molar-refractivity contribution is 7.89. The van der Waals surface area contributed by atoms with Gasteiger partial charge >= 0.3 is 0 Å². The van der Waals surface area contributed by atoms with Crippen molar-refractivity contribution < 1.29 is 18.0 Å². The van der Waals surface area contributed by atoms with Crippen molar-refractivity contribution in [2.24, 2.45) is 0 Å². The lowest BCUT2D eigenvalue weighted by Gasteiger charge is -2.34. The first-order valence-electron chi connectivity index (χ1n) is 11.4. The van der Waals surface area contributed by atoms with E-state index in [9.17, 15) is 18.0 Å². The predicted octanol–water partition coefficient (Wildman–Crippen LogP) is 2.11. The van der Waals surface area contributed by atoms with E-state index in [0.717, 1.165) is 38.9 Å². The van der Waals surface area contributed by atoms with Crippen LogP contribution < -0.4 is 5.32 Å². The smallest absolute Gasteiger partial charge is 0.253 e. The summed E-state index contributed by atoms with van der Waals surface area (Å²) < 4.78 is 27.1. The molecule has 2 aromatic rings. The minimum atomic E-state index is -3.49. The Balaban J connectivity index is 1.25. The molecule has 2 saturated heterocycles. The Bertz CT molecular complexity index is 1040. The van der Waals surface area contributed by atoms with Crippen molar-refractivity contribution in [2.75, 3.05) is 52.4 Å². The zero-order valence-electron chi connectivity index (χ0n) is 18.6. The molecule has 3 heterocycles. The standard InChI is InChI=1S/C23H30N4O4S2/c28-22(20-8-17-32-18-20)24-9-12-25-13-15-26(16-14-25)23(29)19-4-6-21(7-5-19)33(30,31)27-10-2-1-3-11-27/h4-8,17-18H,1-3,9-16H2,(H,24,28). The van der Waals surface area contributed by atoms with Gasteiger partial charge in [-0.15, -0.1) is 0 Å². The summed E-state index contributed by atoms with van der Waals surface area (Å²) in [5, 5.41) is 6.64. The van der Waals surface area contributed by atoms with Gasteiger partial charge < -0.3 is 10.2 Å². The van der Waals surface area contributed by atoms with Crippen molar-refractivity contribution in [1.29, 1.82) is 0 Å². The van der Waals surface area contributed by atoms with Crippen molar-refractivity contribution in [3.05, 3.63) is 52.2 Å². The van der Waals surface area contributed by atoms with Crippen LogP contribution in [0.15, 0.2) is 46.0 Å². The van der Waals surface area contributed by atoms with E-state index in [-0.39, 0.29) is 16.7 Å². The topological polar surface area (TPSA) is 90.0 Å².